The molecule has 0 saturated carbocycles. The molecule has 0 saturated heterocycles. The lowest BCUT2D eigenvalue weighted by molar-refractivity contribution is 0.282. The minimum absolute atomic E-state index is 0.245. The molecule has 4 rings (SSSR count). The van der Waals surface area contributed by atoms with Crippen molar-refractivity contribution in [1.82, 2.24) is 14.5 Å². The third-order valence-corrected chi connectivity index (χ3v) is 6.12. The van der Waals surface area contributed by atoms with Gasteiger partial charge in [-0.1, -0.05) is 43.2 Å². The fraction of sp³-hybridized carbons (Fsp3) is 0.310. The second-order valence-electron chi connectivity index (χ2n) is 8.60. The predicted octanol–water partition coefficient (Wildman–Crippen LogP) is 6.48. The van der Waals surface area contributed by atoms with Crippen LogP contribution in [0.2, 0.25) is 0 Å². The van der Waals surface area contributed by atoms with Crippen LogP contribution in [0.15, 0.2) is 79.1 Å². The lowest BCUT2D eigenvalue weighted by Crippen LogP contribution is -2.07. The zero-order chi connectivity index (χ0) is 23.6. The van der Waals surface area contributed by atoms with Crippen LogP contribution < -0.4 is 0 Å². The van der Waals surface area contributed by atoms with Gasteiger partial charge in [-0.3, -0.25) is 4.98 Å². The first-order valence-electron chi connectivity index (χ1n) is 12.2. The highest BCUT2D eigenvalue weighted by Gasteiger charge is 2.20. The van der Waals surface area contributed by atoms with Crippen LogP contribution >= 0.6 is 0 Å². The average molecular weight is 458 g/mol. The molecule has 0 aliphatic heterocycles. The smallest absolute Gasteiger partial charge is 0.123 e. The van der Waals surface area contributed by atoms with E-state index in [0.717, 1.165) is 79.8 Å². The molecule has 2 aromatic heterocycles. The number of rotatable bonds is 12. The van der Waals surface area contributed by atoms with Crippen LogP contribution in [0.1, 0.15) is 43.5 Å². The van der Waals surface area contributed by atoms with Crippen LogP contribution in [-0.2, 0) is 19.4 Å². The Balaban J connectivity index is 1.68. The molecule has 0 fully saturated rings. The number of nitrogens with zero attached hydrogens (tertiary/aromatic N) is 3. The minimum Gasteiger partial charge on any atom is -0.396 e. The standard InChI is InChI=1S/C29H32FN3O/c30-26-15-13-24(14-16-26)28-29(25-17-19-31-20-18-25)33(21-8-11-23-9-4-3-5-10-23)27(32-28)12-6-1-2-7-22-34/h3-5,9-10,13-20,34H,1-2,6-8,11-12,21-22H2. The first-order valence-corrected chi connectivity index (χ1v) is 12.2. The third-order valence-electron chi connectivity index (χ3n) is 6.12. The second-order valence-corrected chi connectivity index (χ2v) is 8.60. The Labute approximate surface area is 201 Å². The Bertz CT molecular complexity index is 1140. The lowest BCUT2D eigenvalue weighted by Gasteiger charge is -2.13. The molecule has 0 bridgehead atoms. The third kappa shape index (κ3) is 6.17. The van der Waals surface area contributed by atoms with Gasteiger partial charge in [-0.05, 0) is 67.6 Å². The molecular formula is C29H32FN3O. The average Bonchev–Trinajstić information content (AvgIpc) is 3.24. The van der Waals surface area contributed by atoms with Crippen molar-refractivity contribution in [1.29, 1.82) is 0 Å². The van der Waals surface area contributed by atoms with Gasteiger partial charge in [0.25, 0.3) is 0 Å². The molecule has 2 heterocycles. The predicted molar refractivity (Wildman–Crippen MR) is 135 cm³/mol. The summed E-state index contributed by atoms with van der Waals surface area (Å²) in [6.45, 7) is 1.10. The van der Waals surface area contributed by atoms with E-state index in [1.54, 1.807) is 12.4 Å². The van der Waals surface area contributed by atoms with Crippen molar-refractivity contribution in [2.75, 3.05) is 6.61 Å². The number of aryl methyl sites for hydroxylation is 2. The van der Waals surface area contributed by atoms with Crippen molar-refractivity contribution in [3.8, 4) is 22.5 Å². The van der Waals surface area contributed by atoms with Gasteiger partial charge in [-0.15, -0.1) is 0 Å². The fourth-order valence-electron chi connectivity index (χ4n) is 4.38. The van der Waals surface area contributed by atoms with Crippen LogP contribution in [0.3, 0.4) is 0 Å². The van der Waals surface area contributed by atoms with Gasteiger partial charge >= 0.3 is 0 Å². The van der Waals surface area contributed by atoms with E-state index in [4.69, 9.17) is 10.1 Å². The highest BCUT2D eigenvalue weighted by atomic mass is 19.1. The minimum atomic E-state index is -0.249. The maximum Gasteiger partial charge on any atom is 0.123 e. The maximum absolute atomic E-state index is 13.7. The summed E-state index contributed by atoms with van der Waals surface area (Å²) in [5.41, 5.74) is 5.26. The van der Waals surface area contributed by atoms with Crippen LogP contribution in [0, 0.1) is 5.82 Å². The molecule has 0 aliphatic rings. The number of aromatic nitrogens is 3. The zero-order valence-electron chi connectivity index (χ0n) is 19.5. The molecule has 4 nitrogen and oxygen atoms in total. The van der Waals surface area contributed by atoms with E-state index >= 15 is 0 Å². The maximum atomic E-state index is 13.7. The van der Waals surface area contributed by atoms with E-state index < -0.39 is 0 Å². The summed E-state index contributed by atoms with van der Waals surface area (Å²) in [5, 5.41) is 9.08. The number of hydrogen-bond donors (Lipinski definition) is 1. The van der Waals surface area contributed by atoms with Crippen LogP contribution in [0.5, 0.6) is 0 Å². The molecule has 0 atom stereocenters. The van der Waals surface area contributed by atoms with E-state index in [1.165, 1.54) is 17.7 Å². The van der Waals surface area contributed by atoms with Gasteiger partial charge in [0.05, 0.1) is 11.4 Å². The number of hydrogen-bond acceptors (Lipinski definition) is 3. The van der Waals surface area contributed by atoms with E-state index in [0.29, 0.717) is 0 Å². The fourth-order valence-corrected chi connectivity index (χ4v) is 4.38. The molecule has 5 heteroatoms. The monoisotopic (exact) mass is 457 g/mol. The summed E-state index contributed by atoms with van der Waals surface area (Å²) in [6.07, 6.45) is 10.4. The van der Waals surface area contributed by atoms with Gasteiger partial charge < -0.3 is 9.67 Å². The van der Waals surface area contributed by atoms with Crippen LogP contribution in [0.4, 0.5) is 4.39 Å². The summed E-state index contributed by atoms with van der Waals surface area (Å²) in [4.78, 5) is 9.30. The Morgan fingerprint density at radius 1 is 0.735 bits per heavy atom. The Morgan fingerprint density at radius 3 is 2.21 bits per heavy atom. The van der Waals surface area contributed by atoms with Crippen molar-refractivity contribution >= 4 is 0 Å². The molecular weight excluding hydrogens is 425 g/mol. The van der Waals surface area contributed by atoms with Gasteiger partial charge in [-0.2, -0.15) is 0 Å². The summed E-state index contributed by atoms with van der Waals surface area (Å²) in [6, 6.07) is 21.2. The van der Waals surface area contributed by atoms with Crippen molar-refractivity contribution in [3.05, 3.63) is 96.3 Å². The van der Waals surface area contributed by atoms with E-state index in [1.807, 2.05) is 30.3 Å². The first kappa shape index (κ1) is 23.8. The van der Waals surface area contributed by atoms with Gasteiger partial charge in [0.1, 0.15) is 11.6 Å². The summed E-state index contributed by atoms with van der Waals surface area (Å²) >= 11 is 0. The molecule has 0 radical (unpaired) electrons. The number of aliphatic hydroxyl groups is 1. The van der Waals surface area contributed by atoms with E-state index in [2.05, 4.69) is 33.8 Å². The number of aliphatic hydroxyl groups excluding tert-OH is 1. The number of halogens is 1. The van der Waals surface area contributed by atoms with Gasteiger partial charge in [0.2, 0.25) is 0 Å². The molecule has 0 spiro atoms. The van der Waals surface area contributed by atoms with Crippen molar-refractivity contribution < 1.29 is 9.50 Å². The Kier molecular flexibility index (Phi) is 8.58. The normalized spacial score (nSPS) is 11.1. The number of imidazole rings is 1. The number of benzene rings is 2. The number of unbranched alkanes of at least 4 members (excludes halogenated alkanes) is 3. The number of pyridine rings is 1. The zero-order valence-corrected chi connectivity index (χ0v) is 19.5. The molecule has 176 valence electrons. The highest BCUT2D eigenvalue weighted by molar-refractivity contribution is 5.79. The van der Waals surface area contributed by atoms with Gasteiger partial charge in [0, 0.05) is 43.1 Å². The quantitative estimate of drug-likeness (QED) is 0.248. The van der Waals surface area contributed by atoms with E-state index in [9.17, 15) is 4.39 Å². The first-order chi connectivity index (χ1) is 16.8. The summed E-state index contributed by atoms with van der Waals surface area (Å²) in [7, 11) is 0. The van der Waals surface area contributed by atoms with Crippen LogP contribution in [-0.4, -0.2) is 26.2 Å². The SMILES string of the molecule is OCCCCCCc1nc(-c2ccc(F)cc2)c(-c2ccncc2)n1CCCc1ccccc1. The molecule has 34 heavy (non-hydrogen) atoms. The van der Waals surface area contributed by atoms with Gasteiger partial charge in [-0.25, -0.2) is 9.37 Å². The molecule has 2 aromatic carbocycles. The van der Waals surface area contributed by atoms with Gasteiger partial charge in [0.15, 0.2) is 0 Å². The summed E-state index contributed by atoms with van der Waals surface area (Å²) < 4.78 is 16.0. The summed E-state index contributed by atoms with van der Waals surface area (Å²) in [5.74, 6) is 0.809. The van der Waals surface area contributed by atoms with Crippen LogP contribution in [0.25, 0.3) is 22.5 Å². The Morgan fingerprint density at radius 2 is 1.47 bits per heavy atom. The topological polar surface area (TPSA) is 50.9 Å². The van der Waals surface area contributed by atoms with Crippen molar-refractivity contribution in [2.24, 2.45) is 0 Å². The molecule has 0 aliphatic carbocycles. The molecule has 4 aromatic rings. The van der Waals surface area contributed by atoms with Crippen molar-refractivity contribution in [3.63, 3.8) is 0 Å². The molecule has 1 N–H and O–H groups in total. The lowest BCUT2D eigenvalue weighted by atomic mass is 10.1. The second kappa shape index (κ2) is 12.2. The Hall–Kier alpha value is -3.31. The van der Waals surface area contributed by atoms with Crippen molar-refractivity contribution in [2.45, 2.75) is 51.5 Å². The molecule has 0 amide bonds. The van der Waals surface area contributed by atoms with E-state index in [-0.39, 0.29) is 12.4 Å². The largest absolute Gasteiger partial charge is 0.396 e. The molecule has 0 unspecified atom stereocenters. The highest BCUT2D eigenvalue weighted by Crippen LogP contribution is 2.34.